The summed E-state index contributed by atoms with van der Waals surface area (Å²) >= 11 is 0. The fourth-order valence-corrected chi connectivity index (χ4v) is 1.68. The third-order valence-electron chi connectivity index (χ3n) is 2.74. The molecular formula is C15H27NO2. The van der Waals surface area contributed by atoms with Crippen molar-refractivity contribution in [3.05, 3.63) is 23.7 Å². The molecule has 1 heterocycles. The van der Waals surface area contributed by atoms with Gasteiger partial charge in [-0.05, 0) is 24.8 Å². The van der Waals surface area contributed by atoms with Gasteiger partial charge in [-0.3, -0.25) is 0 Å². The summed E-state index contributed by atoms with van der Waals surface area (Å²) in [4.78, 5) is 0. The van der Waals surface area contributed by atoms with Crippen molar-refractivity contribution in [2.75, 3.05) is 6.61 Å². The van der Waals surface area contributed by atoms with E-state index in [0.717, 1.165) is 31.3 Å². The summed E-state index contributed by atoms with van der Waals surface area (Å²) in [6.07, 6.45) is 4.16. The highest BCUT2D eigenvalue weighted by Gasteiger charge is 2.03. The van der Waals surface area contributed by atoms with Crippen molar-refractivity contribution in [2.24, 2.45) is 5.92 Å². The molecule has 1 aromatic rings. The van der Waals surface area contributed by atoms with Gasteiger partial charge in [-0.25, -0.2) is 0 Å². The number of ether oxygens (including phenoxy) is 1. The first-order chi connectivity index (χ1) is 8.58. The van der Waals surface area contributed by atoms with E-state index < -0.39 is 0 Å². The van der Waals surface area contributed by atoms with Crippen molar-refractivity contribution < 1.29 is 9.15 Å². The average Bonchev–Trinajstić information content (AvgIpc) is 2.73. The molecule has 1 aromatic heterocycles. The number of hydrogen-bond donors (Lipinski definition) is 1. The van der Waals surface area contributed by atoms with Gasteiger partial charge in [0.2, 0.25) is 0 Å². The topological polar surface area (TPSA) is 34.4 Å². The Kier molecular flexibility index (Phi) is 7.06. The summed E-state index contributed by atoms with van der Waals surface area (Å²) < 4.78 is 11.1. The van der Waals surface area contributed by atoms with E-state index in [2.05, 4.69) is 39.1 Å². The Hall–Kier alpha value is -0.800. The van der Waals surface area contributed by atoms with E-state index in [9.17, 15) is 0 Å². The van der Waals surface area contributed by atoms with Crippen molar-refractivity contribution in [3.63, 3.8) is 0 Å². The SMILES string of the molecule is CC(C)CCCOCc1cc(CNC(C)C)co1. The van der Waals surface area contributed by atoms with Crippen LogP contribution in [0.25, 0.3) is 0 Å². The molecule has 0 atom stereocenters. The highest BCUT2D eigenvalue weighted by molar-refractivity contribution is 5.12. The van der Waals surface area contributed by atoms with Gasteiger partial charge in [-0.15, -0.1) is 0 Å². The van der Waals surface area contributed by atoms with Crippen LogP contribution >= 0.6 is 0 Å². The van der Waals surface area contributed by atoms with Crippen LogP contribution in [0.15, 0.2) is 16.7 Å². The summed E-state index contributed by atoms with van der Waals surface area (Å²) in [7, 11) is 0. The molecule has 0 amide bonds. The van der Waals surface area contributed by atoms with Crippen molar-refractivity contribution in [1.82, 2.24) is 5.32 Å². The molecule has 0 saturated carbocycles. The second-order valence-corrected chi connectivity index (χ2v) is 5.55. The van der Waals surface area contributed by atoms with E-state index in [4.69, 9.17) is 9.15 Å². The minimum absolute atomic E-state index is 0.496. The molecule has 0 unspecified atom stereocenters. The van der Waals surface area contributed by atoms with Gasteiger partial charge in [0.25, 0.3) is 0 Å². The van der Waals surface area contributed by atoms with E-state index in [1.165, 1.54) is 12.0 Å². The fraction of sp³-hybridized carbons (Fsp3) is 0.733. The lowest BCUT2D eigenvalue weighted by atomic mass is 10.1. The molecule has 1 N–H and O–H groups in total. The Balaban J connectivity index is 2.15. The average molecular weight is 253 g/mol. The van der Waals surface area contributed by atoms with E-state index in [-0.39, 0.29) is 0 Å². The monoisotopic (exact) mass is 253 g/mol. The predicted octanol–water partition coefficient (Wildman–Crippen LogP) is 3.73. The fourth-order valence-electron chi connectivity index (χ4n) is 1.68. The molecule has 0 bridgehead atoms. The summed E-state index contributed by atoms with van der Waals surface area (Å²) in [5.41, 5.74) is 1.18. The standard InChI is InChI=1S/C15H27NO2/c1-12(2)6-5-7-17-11-15-8-14(10-18-15)9-16-13(3)4/h8,10,12-13,16H,5-7,9,11H2,1-4H3. The molecule has 0 aliphatic carbocycles. The van der Waals surface area contributed by atoms with Crippen LogP contribution in [-0.2, 0) is 17.9 Å². The van der Waals surface area contributed by atoms with Crippen molar-refractivity contribution >= 4 is 0 Å². The van der Waals surface area contributed by atoms with Crippen molar-refractivity contribution in [1.29, 1.82) is 0 Å². The Bertz CT molecular complexity index is 318. The zero-order chi connectivity index (χ0) is 13.4. The molecule has 104 valence electrons. The Morgan fingerprint density at radius 2 is 2.06 bits per heavy atom. The molecule has 0 spiro atoms. The van der Waals surface area contributed by atoms with Crippen LogP contribution in [-0.4, -0.2) is 12.6 Å². The molecule has 0 fully saturated rings. The quantitative estimate of drug-likeness (QED) is 0.681. The predicted molar refractivity (Wildman–Crippen MR) is 74.4 cm³/mol. The second-order valence-electron chi connectivity index (χ2n) is 5.55. The molecule has 0 aliphatic rings. The Labute approximate surface area is 111 Å². The molecule has 0 aromatic carbocycles. The summed E-state index contributed by atoms with van der Waals surface area (Å²) in [5.74, 6) is 1.67. The van der Waals surface area contributed by atoms with Crippen LogP contribution < -0.4 is 5.32 Å². The van der Waals surface area contributed by atoms with Crippen LogP contribution in [0.4, 0.5) is 0 Å². The largest absolute Gasteiger partial charge is 0.467 e. The first-order valence-electron chi connectivity index (χ1n) is 6.95. The molecule has 3 heteroatoms. The van der Waals surface area contributed by atoms with Gasteiger partial charge < -0.3 is 14.5 Å². The van der Waals surface area contributed by atoms with Crippen molar-refractivity contribution in [3.8, 4) is 0 Å². The van der Waals surface area contributed by atoms with Gasteiger partial charge in [0, 0.05) is 24.8 Å². The zero-order valence-electron chi connectivity index (χ0n) is 12.2. The molecule has 3 nitrogen and oxygen atoms in total. The maximum atomic E-state index is 5.59. The lowest BCUT2D eigenvalue weighted by Crippen LogP contribution is -2.21. The third kappa shape index (κ3) is 6.82. The summed E-state index contributed by atoms with van der Waals surface area (Å²) in [6.45, 7) is 11.0. The maximum Gasteiger partial charge on any atom is 0.129 e. The van der Waals surface area contributed by atoms with Crippen LogP contribution in [0.1, 0.15) is 51.9 Å². The Morgan fingerprint density at radius 1 is 1.28 bits per heavy atom. The normalized spacial score (nSPS) is 11.7. The second kappa shape index (κ2) is 8.33. The number of hydrogen-bond acceptors (Lipinski definition) is 3. The number of furan rings is 1. The van der Waals surface area contributed by atoms with E-state index in [0.29, 0.717) is 12.6 Å². The van der Waals surface area contributed by atoms with E-state index in [1.807, 2.05) is 6.26 Å². The maximum absolute atomic E-state index is 5.59. The van der Waals surface area contributed by atoms with Gasteiger partial charge in [-0.2, -0.15) is 0 Å². The van der Waals surface area contributed by atoms with Crippen molar-refractivity contribution in [2.45, 2.75) is 59.7 Å². The van der Waals surface area contributed by atoms with E-state index >= 15 is 0 Å². The van der Waals surface area contributed by atoms with E-state index in [1.54, 1.807) is 0 Å². The van der Waals surface area contributed by atoms with Gasteiger partial charge in [-0.1, -0.05) is 27.7 Å². The number of nitrogens with one attached hydrogen (secondary N) is 1. The highest BCUT2D eigenvalue weighted by atomic mass is 16.5. The van der Waals surface area contributed by atoms with Crippen LogP contribution in [0.5, 0.6) is 0 Å². The van der Waals surface area contributed by atoms with Crippen LogP contribution in [0, 0.1) is 5.92 Å². The minimum Gasteiger partial charge on any atom is -0.467 e. The van der Waals surface area contributed by atoms with Gasteiger partial charge in [0.1, 0.15) is 12.4 Å². The first kappa shape index (κ1) is 15.3. The Morgan fingerprint density at radius 3 is 2.72 bits per heavy atom. The van der Waals surface area contributed by atoms with Gasteiger partial charge in [0.15, 0.2) is 0 Å². The first-order valence-corrected chi connectivity index (χ1v) is 6.95. The smallest absolute Gasteiger partial charge is 0.129 e. The molecule has 1 rings (SSSR count). The highest BCUT2D eigenvalue weighted by Crippen LogP contribution is 2.10. The minimum atomic E-state index is 0.496. The number of rotatable bonds is 9. The molecule has 0 radical (unpaired) electrons. The summed E-state index contributed by atoms with van der Waals surface area (Å²) in [5, 5.41) is 3.36. The lowest BCUT2D eigenvalue weighted by Gasteiger charge is -2.05. The van der Waals surface area contributed by atoms with Crippen LogP contribution in [0.2, 0.25) is 0 Å². The van der Waals surface area contributed by atoms with Crippen LogP contribution in [0.3, 0.4) is 0 Å². The molecular weight excluding hydrogens is 226 g/mol. The zero-order valence-corrected chi connectivity index (χ0v) is 12.2. The molecule has 18 heavy (non-hydrogen) atoms. The summed E-state index contributed by atoms with van der Waals surface area (Å²) in [6, 6.07) is 2.56. The van der Waals surface area contributed by atoms with Gasteiger partial charge in [0.05, 0.1) is 6.26 Å². The van der Waals surface area contributed by atoms with Gasteiger partial charge >= 0.3 is 0 Å². The third-order valence-corrected chi connectivity index (χ3v) is 2.74. The molecule has 0 aliphatic heterocycles. The lowest BCUT2D eigenvalue weighted by molar-refractivity contribution is 0.101. The molecule has 0 saturated heterocycles.